The monoisotopic (exact) mass is 793 g/mol. The molecular formula is C61H47N. The molecule has 0 N–H and O–H groups in total. The van der Waals surface area contributed by atoms with E-state index in [1.165, 1.54) is 94.7 Å². The molecular weight excluding hydrogens is 747 g/mol. The molecule has 0 radical (unpaired) electrons. The normalized spacial score (nSPS) is 15.2. The fraction of sp³-hybridized carbons (Fsp3) is 0.115. The van der Waals surface area contributed by atoms with E-state index in [1.807, 2.05) is 0 Å². The highest BCUT2D eigenvalue weighted by molar-refractivity contribution is 5.97. The Kier molecular flexibility index (Phi) is 7.91. The minimum absolute atomic E-state index is 0.160. The molecule has 0 aromatic heterocycles. The van der Waals surface area contributed by atoms with Crippen LogP contribution in [0, 0.1) is 0 Å². The quantitative estimate of drug-likeness (QED) is 0.162. The van der Waals surface area contributed by atoms with Crippen molar-refractivity contribution in [3.63, 3.8) is 0 Å². The Morgan fingerprint density at radius 1 is 0.290 bits per heavy atom. The molecule has 3 aliphatic rings. The van der Waals surface area contributed by atoms with Crippen LogP contribution in [0.2, 0.25) is 0 Å². The van der Waals surface area contributed by atoms with Crippen molar-refractivity contribution in [1.82, 2.24) is 0 Å². The second-order valence-corrected chi connectivity index (χ2v) is 18.4. The van der Waals surface area contributed by atoms with E-state index in [2.05, 4.69) is 245 Å². The molecule has 62 heavy (non-hydrogen) atoms. The maximum Gasteiger partial charge on any atom is 0.0714 e. The molecule has 9 aromatic carbocycles. The van der Waals surface area contributed by atoms with Crippen molar-refractivity contribution in [2.45, 2.75) is 43.9 Å². The van der Waals surface area contributed by atoms with Crippen LogP contribution in [0.3, 0.4) is 0 Å². The van der Waals surface area contributed by atoms with Crippen molar-refractivity contribution in [3.05, 3.63) is 257 Å². The van der Waals surface area contributed by atoms with Gasteiger partial charge in [0.25, 0.3) is 0 Å². The van der Waals surface area contributed by atoms with Gasteiger partial charge in [0.15, 0.2) is 0 Å². The zero-order valence-corrected chi connectivity index (χ0v) is 35.7. The smallest absolute Gasteiger partial charge is 0.0714 e. The lowest BCUT2D eigenvalue weighted by molar-refractivity contribution is 0.660. The molecule has 9 aromatic rings. The van der Waals surface area contributed by atoms with E-state index in [9.17, 15) is 0 Å². The number of nitrogens with zero attached hydrogens (tertiary/aromatic N) is 1. The van der Waals surface area contributed by atoms with Gasteiger partial charge in [-0.15, -0.1) is 0 Å². The third kappa shape index (κ3) is 5.03. The summed E-state index contributed by atoms with van der Waals surface area (Å²) in [5.74, 6) is 0. The largest absolute Gasteiger partial charge is 0.310 e. The first-order valence-electron chi connectivity index (χ1n) is 22.0. The highest BCUT2D eigenvalue weighted by Crippen LogP contribution is 2.59. The van der Waals surface area contributed by atoms with E-state index in [-0.39, 0.29) is 10.8 Å². The zero-order valence-electron chi connectivity index (χ0n) is 35.7. The van der Waals surface area contributed by atoms with Gasteiger partial charge in [-0.05, 0) is 120 Å². The predicted molar refractivity (Wildman–Crippen MR) is 259 cm³/mol. The lowest BCUT2D eigenvalue weighted by atomic mass is 9.67. The lowest BCUT2D eigenvalue weighted by Crippen LogP contribution is -2.28. The second kappa shape index (κ2) is 13.4. The summed E-state index contributed by atoms with van der Waals surface area (Å²) in [4.78, 5) is 2.57. The molecule has 296 valence electrons. The summed E-state index contributed by atoms with van der Waals surface area (Å²) in [5.41, 5.74) is 23.4. The molecule has 0 amide bonds. The van der Waals surface area contributed by atoms with Crippen LogP contribution in [0.25, 0.3) is 44.5 Å². The summed E-state index contributed by atoms with van der Waals surface area (Å²) in [5, 5.41) is 0. The third-order valence-electron chi connectivity index (χ3n) is 14.6. The first-order chi connectivity index (χ1) is 30.3. The first kappa shape index (κ1) is 36.6. The molecule has 3 aliphatic carbocycles. The van der Waals surface area contributed by atoms with E-state index in [1.54, 1.807) is 0 Å². The minimum Gasteiger partial charge on any atom is -0.310 e. The Hall–Kier alpha value is -7.22. The van der Waals surface area contributed by atoms with Crippen LogP contribution < -0.4 is 4.90 Å². The van der Waals surface area contributed by atoms with Gasteiger partial charge in [-0.1, -0.05) is 204 Å². The van der Waals surface area contributed by atoms with Crippen LogP contribution in [0.5, 0.6) is 0 Å². The van der Waals surface area contributed by atoms with Crippen LogP contribution in [-0.2, 0) is 16.2 Å². The van der Waals surface area contributed by atoms with Crippen molar-refractivity contribution < 1.29 is 0 Å². The number of fused-ring (bicyclic) bond motifs is 9. The molecule has 0 aliphatic heterocycles. The number of anilines is 3. The Labute approximate surface area is 365 Å². The van der Waals surface area contributed by atoms with Gasteiger partial charge in [0.1, 0.15) is 0 Å². The SMILES string of the molecule is CC1(C)c2ccccc2-c2ccc(N(c3ccc4c(c3)C(c3ccccc3)(c3ccccc3)c3ccccc3-4)c3cc4c(cc3-c3ccccc3)-c3ccccc3C4(C)C)cc21. The van der Waals surface area contributed by atoms with Gasteiger partial charge >= 0.3 is 0 Å². The summed E-state index contributed by atoms with van der Waals surface area (Å²) in [6, 6.07) is 79.8. The molecule has 0 spiro atoms. The van der Waals surface area contributed by atoms with Crippen molar-refractivity contribution in [2.24, 2.45) is 0 Å². The average molecular weight is 794 g/mol. The average Bonchev–Trinajstić information content (AvgIpc) is 3.84. The third-order valence-corrected chi connectivity index (χ3v) is 14.6. The van der Waals surface area contributed by atoms with E-state index in [0.717, 1.165) is 11.4 Å². The van der Waals surface area contributed by atoms with Gasteiger partial charge in [-0.25, -0.2) is 0 Å². The van der Waals surface area contributed by atoms with E-state index >= 15 is 0 Å². The predicted octanol–water partition coefficient (Wildman–Crippen LogP) is 15.8. The molecule has 0 fully saturated rings. The van der Waals surface area contributed by atoms with Crippen LogP contribution >= 0.6 is 0 Å². The number of rotatable bonds is 6. The summed E-state index contributed by atoms with van der Waals surface area (Å²) in [6.07, 6.45) is 0. The molecule has 1 heteroatoms. The van der Waals surface area contributed by atoms with E-state index in [0.29, 0.717) is 0 Å². The maximum absolute atomic E-state index is 2.57. The van der Waals surface area contributed by atoms with Crippen LogP contribution in [0.1, 0.15) is 72.2 Å². The number of hydrogen-bond acceptors (Lipinski definition) is 1. The Bertz CT molecular complexity index is 3190. The first-order valence-corrected chi connectivity index (χ1v) is 22.0. The van der Waals surface area contributed by atoms with Crippen molar-refractivity contribution in [3.8, 4) is 44.5 Å². The fourth-order valence-electron chi connectivity index (χ4n) is 11.6. The molecule has 0 bridgehead atoms. The van der Waals surface area contributed by atoms with Gasteiger partial charge in [0.2, 0.25) is 0 Å². The van der Waals surface area contributed by atoms with Crippen LogP contribution in [-0.4, -0.2) is 0 Å². The summed E-state index contributed by atoms with van der Waals surface area (Å²) >= 11 is 0. The minimum atomic E-state index is -0.526. The molecule has 0 heterocycles. The second-order valence-electron chi connectivity index (χ2n) is 18.4. The molecule has 0 unspecified atom stereocenters. The van der Waals surface area contributed by atoms with Crippen molar-refractivity contribution in [2.75, 3.05) is 4.90 Å². The fourth-order valence-corrected chi connectivity index (χ4v) is 11.6. The topological polar surface area (TPSA) is 3.24 Å². The van der Waals surface area contributed by atoms with Crippen molar-refractivity contribution >= 4 is 17.1 Å². The van der Waals surface area contributed by atoms with Crippen molar-refractivity contribution in [1.29, 1.82) is 0 Å². The summed E-state index contributed by atoms with van der Waals surface area (Å²) in [7, 11) is 0. The van der Waals surface area contributed by atoms with Gasteiger partial charge in [0, 0.05) is 27.8 Å². The standard InChI is InChI=1S/C61H47N/c1-59(2)52-29-17-14-26-45(52)48-34-32-43(36-55(48)59)62(58-39-56-51(38-50(58)40-20-8-5-9-21-40)47-28-15-18-30-53(47)60(56,3)4)44-33-35-49-46-27-16-19-31-54(46)61(57(49)37-44,41-22-10-6-11-23-41)42-24-12-7-13-25-42/h5-39H,1-4H3. The van der Waals surface area contributed by atoms with Crippen LogP contribution in [0.4, 0.5) is 17.1 Å². The van der Waals surface area contributed by atoms with Gasteiger partial charge in [-0.3, -0.25) is 0 Å². The highest BCUT2D eigenvalue weighted by Gasteiger charge is 2.47. The Morgan fingerprint density at radius 2 is 0.694 bits per heavy atom. The Balaban J connectivity index is 1.18. The highest BCUT2D eigenvalue weighted by atomic mass is 15.1. The summed E-state index contributed by atoms with van der Waals surface area (Å²) < 4.78 is 0. The molecule has 0 saturated carbocycles. The molecule has 12 rings (SSSR count). The summed E-state index contributed by atoms with van der Waals surface area (Å²) in [6.45, 7) is 9.56. The number of benzene rings is 9. The van der Waals surface area contributed by atoms with E-state index in [4.69, 9.17) is 0 Å². The number of hydrogen-bond donors (Lipinski definition) is 0. The van der Waals surface area contributed by atoms with Crippen LogP contribution in [0.15, 0.2) is 212 Å². The van der Waals surface area contributed by atoms with Gasteiger partial charge in [0.05, 0.1) is 11.1 Å². The zero-order chi connectivity index (χ0) is 41.8. The molecule has 1 nitrogen and oxygen atoms in total. The Morgan fingerprint density at radius 3 is 1.26 bits per heavy atom. The van der Waals surface area contributed by atoms with Gasteiger partial charge < -0.3 is 4.90 Å². The maximum atomic E-state index is 2.57. The lowest BCUT2D eigenvalue weighted by Gasteiger charge is -2.35. The van der Waals surface area contributed by atoms with Gasteiger partial charge in [-0.2, -0.15) is 0 Å². The molecule has 0 saturated heterocycles. The van der Waals surface area contributed by atoms with E-state index < -0.39 is 5.41 Å². The molecule has 0 atom stereocenters.